The predicted molar refractivity (Wildman–Crippen MR) is 233 cm³/mol. The first-order valence-corrected chi connectivity index (χ1v) is 19.5. The quantitative estimate of drug-likeness (QED) is 0.171. The van der Waals surface area contributed by atoms with Crippen molar-refractivity contribution >= 4 is 53.4 Å². The van der Waals surface area contributed by atoms with E-state index in [2.05, 4.69) is 151 Å². The van der Waals surface area contributed by atoms with Crippen molar-refractivity contribution in [3.05, 3.63) is 188 Å². The van der Waals surface area contributed by atoms with Crippen LogP contribution < -0.4 is 0 Å². The summed E-state index contributed by atoms with van der Waals surface area (Å²) in [5.41, 5.74) is 13.1. The number of hydrogen-bond acceptors (Lipinski definition) is 5. The van der Waals surface area contributed by atoms with Gasteiger partial charge in [0.2, 0.25) is 0 Å². The van der Waals surface area contributed by atoms with Crippen LogP contribution in [-0.2, 0) is 0 Å². The fourth-order valence-electron chi connectivity index (χ4n) is 7.84. The van der Waals surface area contributed by atoms with Crippen molar-refractivity contribution in [2.75, 3.05) is 0 Å². The number of rotatable bonds is 6. The van der Waals surface area contributed by atoms with E-state index in [0.29, 0.717) is 5.82 Å². The SMILES string of the molecule is c1ccc(-c2cc(-c3ccc(-c4cccnc4)cc3)nc(-c3ccc(-c4ccc(-c5ccc6c(c5)sc5ccccc56)c5c4oc4ccccc45)cc3)n2)cc1. The molecule has 56 heavy (non-hydrogen) atoms. The number of pyridine rings is 1. The third kappa shape index (κ3) is 5.56. The number of thiophene rings is 1. The first-order valence-electron chi connectivity index (χ1n) is 18.7. The molecule has 11 aromatic rings. The molecule has 0 unspecified atom stereocenters. The monoisotopic (exact) mass is 733 g/mol. The first-order chi connectivity index (χ1) is 27.7. The lowest BCUT2D eigenvalue weighted by atomic mass is 9.94. The molecule has 0 radical (unpaired) electrons. The van der Waals surface area contributed by atoms with Gasteiger partial charge in [-0.1, -0.05) is 140 Å². The lowest BCUT2D eigenvalue weighted by Gasteiger charge is -2.11. The highest BCUT2D eigenvalue weighted by Gasteiger charge is 2.19. The second kappa shape index (κ2) is 13.3. The Bertz CT molecular complexity index is 3220. The lowest BCUT2D eigenvalue weighted by molar-refractivity contribution is 0.670. The molecule has 11 rings (SSSR count). The van der Waals surface area contributed by atoms with Crippen LogP contribution in [0.15, 0.2) is 193 Å². The number of furan rings is 1. The highest BCUT2D eigenvalue weighted by molar-refractivity contribution is 7.25. The molecule has 0 aliphatic rings. The Morgan fingerprint density at radius 3 is 1.84 bits per heavy atom. The van der Waals surface area contributed by atoms with Gasteiger partial charge in [0.1, 0.15) is 11.2 Å². The average Bonchev–Trinajstić information content (AvgIpc) is 3.85. The highest BCUT2D eigenvalue weighted by Crippen LogP contribution is 2.44. The van der Waals surface area contributed by atoms with Crippen molar-refractivity contribution in [2.45, 2.75) is 0 Å². The molecule has 0 saturated heterocycles. The fourth-order valence-corrected chi connectivity index (χ4v) is 8.98. The van der Waals surface area contributed by atoms with E-state index in [1.165, 1.54) is 25.7 Å². The van der Waals surface area contributed by atoms with E-state index in [1.807, 2.05) is 47.9 Å². The van der Waals surface area contributed by atoms with Crippen LogP contribution in [0, 0.1) is 0 Å². The van der Waals surface area contributed by atoms with Crippen molar-refractivity contribution in [1.29, 1.82) is 0 Å². The zero-order chi connectivity index (χ0) is 37.0. The standard InChI is InChI=1S/C51H31N3OS/c1-2-9-34(10-3-1)44-30-45(35-20-16-32(17-21-35)38-11-8-28-52-31-38)54-51(53-44)36-22-18-33(19-23-36)40-27-26-39(49-43-13-4-6-14-46(43)55-50(40)49)37-24-25-42-41-12-5-7-15-47(41)56-48(42)29-37/h1-31H. The summed E-state index contributed by atoms with van der Waals surface area (Å²) in [6, 6.07) is 61.7. The number of aromatic nitrogens is 3. The Balaban J connectivity index is 0.998. The largest absolute Gasteiger partial charge is 0.455 e. The third-order valence-corrected chi connectivity index (χ3v) is 11.8. The van der Waals surface area contributed by atoms with Crippen LogP contribution in [0.1, 0.15) is 0 Å². The van der Waals surface area contributed by atoms with E-state index < -0.39 is 0 Å². The number of nitrogens with zero attached hydrogens (tertiary/aromatic N) is 3. The maximum Gasteiger partial charge on any atom is 0.160 e. The summed E-state index contributed by atoms with van der Waals surface area (Å²) in [6.07, 6.45) is 3.68. The van der Waals surface area contributed by atoms with E-state index in [-0.39, 0.29) is 0 Å². The fraction of sp³-hybridized carbons (Fsp3) is 0. The predicted octanol–water partition coefficient (Wildman–Crippen LogP) is 14.1. The minimum atomic E-state index is 0.671. The maximum absolute atomic E-state index is 6.69. The van der Waals surface area contributed by atoms with Crippen LogP contribution in [-0.4, -0.2) is 15.0 Å². The number of para-hydroxylation sites is 1. The Labute approximate surface area is 327 Å². The molecule has 0 atom stereocenters. The highest BCUT2D eigenvalue weighted by atomic mass is 32.1. The summed E-state index contributed by atoms with van der Waals surface area (Å²) in [6.45, 7) is 0. The summed E-state index contributed by atoms with van der Waals surface area (Å²) in [4.78, 5) is 14.5. The van der Waals surface area contributed by atoms with Gasteiger partial charge >= 0.3 is 0 Å². The van der Waals surface area contributed by atoms with Crippen LogP contribution in [0.2, 0.25) is 0 Å². The van der Waals surface area contributed by atoms with Gasteiger partial charge < -0.3 is 4.42 Å². The van der Waals surface area contributed by atoms with Crippen LogP contribution in [0.25, 0.3) is 109 Å². The average molecular weight is 734 g/mol. The minimum absolute atomic E-state index is 0.671. The Kier molecular flexibility index (Phi) is 7.64. The zero-order valence-electron chi connectivity index (χ0n) is 30.1. The molecular weight excluding hydrogens is 703 g/mol. The van der Waals surface area contributed by atoms with Crippen LogP contribution in [0.4, 0.5) is 0 Å². The van der Waals surface area contributed by atoms with E-state index in [1.54, 1.807) is 6.20 Å². The molecule has 4 heterocycles. The maximum atomic E-state index is 6.69. The van der Waals surface area contributed by atoms with E-state index in [0.717, 1.165) is 77.8 Å². The third-order valence-electron chi connectivity index (χ3n) is 10.6. The van der Waals surface area contributed by atoms with Gasteiger partial charge in [-0.3, -0.25) is 4.98 Å². The summed E-state index contributed by atoms with van der Waals surface area (Å²) in [5.74, 6) is 0.671. The summed E-state index contributed by atoms with van der Waals surface area (Å²) in [5, 5.41) is 4.84. The molecule has 0 fully saturated rings. The van der Waals surface area contributed by atoms with Gasteiger partial charge in [0, 0.05) is 65.6 Å². The lowest BCUT2D eigenvalue weighted by Crippen LogP contribution is -1.96. The molecule has 262 valence electrons. The molecule has 0 amide bonds. The number of fused-ring (bicyclic) bond motifs is 6. The molecule has 0 aliphatic carbocycles. The molecule has 5 heteroatoms. The van der Waals surface area contributed by atoms with Gasteiger partial charge in [-0.2, -0.15) is 0 Å². The van der Waals surface area contributed by atoms with E-state index >= 15 is 0 Å². The molecular formula is C51H31N3OS. The van der Waals surface area contributed by atoms with Gasteiger partial charge in [0.25, 0.3) is 0 Å². The molecule has 0 bridgehead atoms. The smallest absolute Gasteiger partial charge is 0.160 e. The van der Waals surface area contributed by atoms with Crippen molar-refractivity contribution in [1.82, 2.24) is 15.0 Å². The summed E-state index contributed by atoms with van der Waals surface area (Å²) < 4.78 is 9.28. The zero-order valence-corrected chi connectivity index (χ0v) is 30.9. The molecule has 0 N–H and O–H groups in total. The number of hydrogen-bond donors (Lipinski definition) is 0. The van der Waals surface area contributed by atoms with Crippen LogP contribution in [0.5, 0.6) is 0 Å². The van der Waals surface area contributed by atoms with Gasteiger partial charge in [0.05, 0.1) is 11.4 Å². The second-order valence-corrected chi connectivity index (χ2v) is 15.1. The first kappa shape index (κ1) is 32.2. The molecule has 4 aromatic heterocycles. The van der Waals surface area contributed by atoms with Crippen molar-refractivity contribution in [2.24, 2.45) is 0 Å². The van der Waals surface area contributed by atoms with Crippen molar-refractivity contribution in [3.63, 3.8) is 0 Å². The van der Waals surface area contributed by atoms with Gasteiger partial charge in [-0.05, 0) is 64.2 Å². The molecule has 0 saturated carbocycles. The summed E-state index contributed by atoms with van der Waals surface area (Å²) >= 11 is 1.84. The van der Waals surface area contributed by atoms with Crippen molar-refractivity contribution in [3.8, 4) is 67.3 Å². The topological polar surface area (TPSA) is 51.8 Å². The van der Waals surface area contributed by atoms with E-state index in [9.17, 15) is 0 Å². The molecule has 0 spiro atoms. The molecule has 7 aromatic carbocycles. The van der Waals surface area contributed by atoms with Crippen molar-refractivity contribution < 1.29 is 4.42 Å². The minimum Gasteiger partial charge on any atom is -0.455 e. The van der Waals surface area contributed by atoms with Crippen LogP contribution in [0.3, 0.4) is 0 Å². The Hall–Kier alpha value is -7.21. The molecule has 4 nitrogen and oxygen atoms in total. The van der Waals surface area contributed by atoms with Gasteiger partial charge in [-0.25, -0.2) is 9.97 Å². The Morgan fingerprint density at radius 1 is 0.411 bits per heavy atom. The van der Waals surface area contributed by atoms with Gasteiger partial charge in [0.15, 0.2) is 5.82 Å². The van der Waals surface area contributed by atoms with E-state index in [4.69, 9.17) is 14.4 Å². The summed E-state index contributed by atoms with van der Waals surface area (Å²) in [7, 11) is 0. The normalized spacial score (nSPS) is 11.6. The number of benzene rings is 7. The van der Waals surface area contributed by atoms with Gasteiger partial charge in [-0.15, -0.1) is 11.3 Å². The second-order valence-electron chi connectivity index (χ2n) is 14.0. The molecule has 0 aliphatic heterocycles. The Morgan fingerprint density at radius 2 is 1.04 bits per heavy atom. The van der Waals surface area contributed by atoms with Crippen LogP contribution >= 0.6 is 11.3 Å².